The van der Waals surface area contributed by atoms with Crippen LogP contribution in [0.5, 0.6) is 5.75 Å². The van der Waals surface area contributed by atoms with Gasteiger partial charge in [0.05, 0.1) is 5.56 Å². The SMILES string of the molecule is C#CC1CCC(CCc2ccc3c(F)c(C#Cc4cc(F)c(OC(F)(F)F)c(F)c4)ccc3c2)CC1. The summed E-state index contributed by atoms with van der Waals surface area (Å²) in [5.41, 5.74) is 0.842. The molecule has 0 radical (unpaired) electrons. The van der Waals surface area contributed by atoms with Crippen LogP contribution in [0.4, 0.5) is 26.3 Å². The summed E-state index contributed by atoms with van der Waals surface area (Å²) < 4.78 is 83.1. The molecule has 0 N–H and O–H groups in total. The number of ether oxygens (including phenoxy) is 1. The van der Waals surface area contributed by atoms with Gasteiger partial charge in [-0.1, -0.05) is 36.1 Å². The third kappa shape index (κ3) is 6.15. The van der Waals surface area contributed by atoms with Crippen molar-refractivity contribution >= 4 is 10.8 Å². The average molecular weight is 500 g/mol. The van der Waals surface area contributed by atoms with E-state index in [0.717, 1.165) is 44.1 Å². The van der Waals surface area contributed by atoms with E-state index < -0.39 is 29.6 Å². The highest BCUT2D eigenvalue weighted by molar-refractivity contribution is 5.85. The highest BCUT2D eigenvalue weighted by Gasteiger charge is 2.34. The number of benzene rings is 3. The van der Waals surface area contributed by atoms with Crippen molar-refractivity contribution in [2.75, 3.05) is 0 Å². The first kappa shape index (κ1) is 25.5. The summed E-state index contributed by atoms with van der Waals surface area (Å²) in [7, 11) is 0. The van der Waals surface area contributed by atoms with Gasteiger partial charge in [-0.3, -0.25) is 0 Å². The molecule has 0 amide bonds. The van der Waals surface area contributed by atoms with Gasteiger partial charge in [0.25, 0.3) is 0 Å². The van der Waals surface area contributed by atoms with Crippen LogP contribution in [0.1, 0.15) is 48.8 Å². The van der Waals surface area contributed by atoms with E-state index >= 15 is 4.39 Å². The van der Waals surface area contributed by atoms with E-state index in [0.29, 0.717) is 34.7 Å². The average Bonchev–Trinajstić information content (AvgIpc) is 2.84. The van der Waals surface area contributed by atoms with Crippen LogP contribution in [0.15, 0.2) is 42.5 Å². The third-order valence-corrected chi connectivity index (χ3v) is 6.50. The molecule has 1 aliphatic rings. The lowest BCUT2D eigenvalue weighted by atomic mass is 9.80. The topological polar surface area (TPSA) is 9.23 Å². The Hall–Kier alpha value is -3.58. The molecule has 3 aromatic rings. The summed E-state index contributed by atoms with van der Waals surface area (Å²) >= 11 is 0. The van der Waals surface area contributed by atoms with Crippen molar-refractivity contribution in [3.8, 4) is 29.9 Å². The van der Waals surface area contributed by atoms with Gasteiger partial charge in [0.2, 0.25) is 5.75 Å². The molecular weight excluding hydrogens is 478 g/mol. The Bertz CT molecular complexity index is 1340. The molecule has 0 atom stereocenters. The van der Waals surface area contributed by atoms with Crippen LogP contribution in [0.25, 0.3) is 10.8 Å². The Balaban J connectivity index is 1.48. The molecule has 0 saturated heterocycles. The lowest BCUT2D eigenvalue weighted by Crippen LogP contribution is -2.19. The minimum absolute atomic E-state index is 0.00282. The first-order chi connectivity index (χ1) is 17.1. The van der Waals surface area contributed by atoms with Crippen molar-refractivity contribution in [1.82, 2.24) is 0 Å². The molecular formula is C29H22F6O. The highest BCUT2D eigenvalue weighted by atomic mass is 19.4. The smallest absolute Gasteiger partial charge is 0.399 e. The van der Waals surface area contributed by atoms with Crippen LogP contribution in [-0.2, 0) is 6.42 Å². The van der Waals surface area contributed by atoms with Gasteiger partial charge in [-0.15, -0.1) is 25.5 Å². The molecule has 0 aromatic heterocycles. The molecule has 1 saturated carbocycles. The Morgan fingerprint density at radius 1 is 0.889 bits per heavy atom. The van der Waals surface area contributed by atoms with Crippen LogP contribution >= 0.6 is 0 Å². The van der Waals surface area contributed by atoms with Crippen molar-refractivity contribution in [1.29, 1.82) is 0 Å². The van der Waals surface area contributed by atoms with Gasteiger partial charge in [0, 0.05) is 16.9 Å². The predicted octanol–water partition coefficient (Wildman–Crippen LogP) is 7.93. The van der Waals surface area contributed by atoms with Crippen LogP contribution in [-0.4, -0.2) is 6.36 Å². The van der Waals surface area contributed by atoms with Gasteiger partial charge in [-0.25, -0.2) is 13.2 Å². The lowest BCUT2D eigenvalue weighted by Gasteiger charge is -2.25. The van der Waals surface area contributed by atoms with E-state index in [1.807, 2.05) is 12.1 Å². The van der Waals surface area contributed by atoms with Crippen molar-refractivity contribution in [3.63, 3.8) is 0 Å². The summed E-state index contributed by atoms with van der Waals surface area (Å²) in [4.78, 5) is 0. The van der Waals surface area contributed by atoms with E-state index in [-0.39, 0.29) is 11.1 Å². The number of halogens is 6. The van der Waals surface area contributed by atoms with Gasteiger partial charge in [-0.05, 0) is 73.6 Å². The standard InChI is InChI=1S/C29H22F6O/c1-2-18-3-5-19(6-4-18)7-8-20-10-14-24-23(15-20)13-12-22(27(24)32)11-9-21-16-25(30)28(26(31)17-21)36-29(33,34)35/h1,10,12-19H,3-8H2. The zero-order chi connectivity index (χ0) is 25.9. The van der Waals surface area contributed by atoms with Gasteiger partial charge >= 0.3 is 6.36 Å². The fourth-order valence-corrected chi connectivity index (χ4v) is 4.57. The molecule has 4 rings (SSSR count). The summed E-state index contributed by atoms with van der Waals surface area (Å²) in [6, 6.07) is 9.87. The van der Waals surface area contributed by atoms with Crippen molar-refractivity contribution in [2.24, 2.45) is 11.8 Å². The molecule has 1 nitrogen and oxygen atoms in total. The monoisotopic (exact) mass is 500 g/mol. The summed E-state index contributed by atoms with van der Waals surface area (Å²) in [5, 5.41) is 1.06. The maximum atomic E-state index is 15.0. The molecule has 186 valence electrons. The largest absolute Gasteiger partial charge is 0.573 e. The second-order valence-corrected chi connectivity index (χ2v) is 8.97. The van der Waals surface area contributed by atoms with Gasteiger partial charge in [0.1, 0.15) is 5.82 Å². The minimum Gasteiger partial charge on any atom is -0.399 e. The molecule has 3 aromatic carbocycles. The Kier molecular flexibility index (Phi) is 7.50. The number of rotatable bonds is 4. The normalized spacial score (nSPS) is 17.8. The summed E-state index contributed by atoms with van der Waals surface area (Å²) in [6.07, 6.45) is 6.60. The zero-order valence-corrected chi connectivity index (χ0v) is 19.2. The molecule has 0 aliphatic heterocycles. The molecule has 7 heteroatoms. The second kappa shape index (κ2) is 10.6. The maximum absolute atomic E-state index is 15.0. The number of hydrogen-bond acceptors (Lipinski definition) is 1. The van der Waals surface area contributed by atoms with E-state index in [4.69, 9.17) is 6.42 Å². The van der Waals surface area contributed by atoms with E-state index in [1.165, 1.54) is 6.07 Å². The fourth-order valence-electron chi connectivity index (χ4n) is 4.57. The summed E-state index contributed by atoms with van der Waals surface area (Å²) in [5.74, 6) is 3.49. The number of alkyl halides is 3. The van der Waals surface area contributed by atoms with E-state index in [1.54, 1.807) is 12.1 Å². The molecule has 36 heavy (non-hydrogen) atoms. The van der Waals surface area contributed by atoms with Crippen LogP contribution < -0.4 is 4.74 Å². The zero-order valence-electron chi connectivity index (χ0n) is 19.2. The summed E-state index contributed by atoms with van der Waals surface area (Å²) in [6.45, 7) is 0. The van der Waals surface area contributed by atoms with Crippen LogP contribution in [0.3, 0.4) is 0 Å². The fraction of sp³-hybridized carbons (Fsp3) is 0.310. The molecule has 0 spiro atoms. The quantitative estimate of drug-likeness (QED) is 0.261. The molecule has 0 unspecified atom stereocenters. The van der Waals surface area contributed by atoms with Crippen LogP contribution in [0.2, 0.25) is 0 Å². The molecule has 0 bridgehead atoms. The number of terminal acetylenes is 1. The van der Waals surface area contributed by atoms with E-state index in [2.05, 4.69) is 22.5 Å². The molecule has 1 aliphatic carbocycles. The van der Waals surface area contributed by atoms with Gasteiger partial charge < -0.3 is 4.74 Å². The highest BCUT2D eigenvalue weighted by Crippen LogP contribution is 2.32. The molecule has 0 heterocycles. The Morgan fingerprint density at radius 2 is 1.58 bits per heavy atom. The van der Waals surface area contributed by atoms with Crippen molar-refractivity contribution in [3.05, 3.63) is 76.6 Å². The predicted molar refractivity (Wildman–Crippen MR) is 126 cm³/mol. The van der Waals surface area contributed by atoms with Crippen molar-refractivity contribution in [2.45, 2.75) is 44.9 Å². The first-order valence-corrected chi connectivity index (χ1v) is 11.6. The molecule has 1 fully saturated rings. The maximum Gasteiger partial charge on any atom is 0.573 e. The first-order valence-electron chi connectivity index (χ1n) is 11.6. The minimum atomic E-state index is -5.25. The van der Waals surface area contributed by atoms with Crippen molar-refractivity contribution < 1.29 is 31.1 Å². The lowest BCUT2D eigenvalue weighted by molar-refractivity contribution is -0.276. The Morgan fingerprint density at radius 3 is 2.22 bits per heavy atom. The Labute approximate surface area is 205 Å². The number of hydrogen-bond donors (Lipinski definition) is 0. The van der Waals surface area contributed by atoms with E-state index in [9.17, 15) is 22.0 Å². The third-order valence-electron chi connectivity index (χ3n) is 6.50. The van der Waals surface area contributed by atoms with Gasteiger partial charge in [0.15, 0.2) is 11.6 Å². The van der Waals surface area contributed by atoms with Crippen LogP contribution in [0, 0.1) is 53.5 Å². The number of aryl methyl sites for hydroxylation is 1. The second-order valence-electron chi connectivity index (χ2n) is 8.97. The van der Waals surface area contributed by atoms with Gasteiger partial charge in [-0.2, -0.15) is 0 Å². The number of fused-ring (bicyclic) bond motifs is 1.